The summed E-state index contributed by atoms with van der Waals surface area (Å²) < 4.78 is 0. The molecule has 0 aromatic heterocycles. The highest BCUT2D eigenvalue weighted by molar-refractivity contribution is 7.99. The second kappa shape index (κ2) is 4.52. The average molecular weight is 185 g/mol. The molecule has 12 heavy (non-hydrogen) atoms. The quantitative estimate of drug-likeness (QED) is 0.724. The van der Waals surface area contributed by atoms with Gasteiger partial charge in [0.2, 0.25) is 0 Å². The van der Waals surface area contributed by atoms with Crippen LogP contribution in [-0.4, -0.2) is 23.6 Å². The molecule has 0 aromatic carbocycles. The highest BCUT2D eigenvalue weighted by Crippen LogP contribution is 2.29. The molecule has 1 heterocycles. The second-order valence-corrected chi connectivity index (χ2v) is 5.37. The van der Waals surface area contributed by atoms with E-state index < -0.39 is 0 Å². The molecule has 1 N–H and O–H groups in total. The molecule has 1 unspecified atom stereocenters. The van der Waals surface area contributed by atoms with Gasteiger partial charge in [-0.1, -0.05) is 19.3 Å². The minimum atomic E-state index is 0.858. The number of nitrogens with one attached hydrogen (secondary N) is 1. The second-order valence-electron chi connectivity index (χ2n) is 4.03. The van der Waals surface area contributed by atoms with Crippen molar-refractivity contribution in [3.63, 3.8) is 0 Å². The van der Waals surface area contributed by atoms with Crippen molar-refractivity contribution in [2.75, 3.05) is 12.3 Å². The Morgan fingerprint density at radius 2 is 1.83 bits per heavy atom. The van der Waals surface area contributed by atoms with Crippen LogP contribution in [0.3, 0.4) is 0 Å². The number of thioether (sulfide) groups is 1. The third kappa shape index (κ3) is 2.40. The van der Waals surface area contributed by atoms with Crippen LogP contribution in [0.25, 0.3) is 0 Å². The van der Waals surface area contributed by atoms with Gasteiger partial charge in [0, 0.05) is 17.0 Å². The summed E-state index contributed by atoms with van der Waals surface area (Å²) in [6, 6.07) is 0.858. The molecular weight excluding hydrogens is 166 g/mol. The Morgan fingerprint density at radius 3 is 2.42 bits per heavy atom. The van der Waals surface area contributed by atoms with E-state index in [9.17, 15) is 0 Å². The molecule has 70 valence electrons. The first kappa shape index (κ1) is 8.89. The minimum absolute atomic E-state index is 0.858. The largest absolute Gasteiger partial charge is 0.313 e. The lowest BCUT2D eigenvalue weighted by molar-refractivity contribution is 0.404. The van der Waals surface area contributed by atoms with E-state index in [1.807, 2.05) is 0 Å². The van der Waals surface area contributed by atoms with Gasteiger partial charge in [0.15, 0.2) is 0 Å². The van der Waals surface area contributed by atoms with Gasteiger partial charge in [0.1, 0.15) is 0 Å². The van der Waals surface area contributed by atoms with E-state index in [0.29, 0.717) is 0 Å². The smallest absolute Gasteiger partial charge is 0.0170 e. The molecule has 1 atom stereocenters. The van der Waals surface area contributed by atoms with Crippen LogP contribution in [-0.2, 0) is 0 Å². The molecule has 1 aliphatic carbocycles. The van der Waals surface area contributed by atoms with Gasteiger partial charge in [0.05, 0.1) is 0 Å². The van der Waals surface area contributed by atoms with Crippen molar-refractivity contribution in [3.8, 4) is 0 Å². The van der Waals surface area contributed by atoms with Crippen LogP contribution in [0.15, 0.2) is 0 Å². The molecule has 1 saturated carbocycles. The maximum atomic E-state index is 3.46. The molecule has 1 nitrogen and oxygen atoms in total. The van der Waals surface area contributed by atoms with Gasteiger partial charge in [-0.3, -0.25) is 0 Å². The number of rotatable bonds is 3. The first-order valence-electron chi connectivity index (χ1n) is 5.30. The Labute approximate surface area is 79.7 Å². The highest BCUT2D eigenvalue weighted by atomic mass is 32.2. The highest BCUT2D eigenvalue weighted by Gasteiger charge is 2.19. The third-order valence-corrected chi connectivity index (χ3v) is 4.55. The molecular formula is C10H19NS. The Kier molecular flexibility index (Phi) is 3.35. The molecule has 0 amide bonds. The molecule has 0 bridgehead atoms. The van der Waals surface area contributed by atoms with Crippen LogP contribution < -0.4 is 5.32 Å². The molecule has 2 rings (SSSR count). The van der Waals surface area contributed by atoms with Crippen molar-refractivity contribution < 1.29 is 0 Å². The third-order valence-electron chi connectivity index (χ3n) is 3.01. The zero-order chi connectivity index (χ0) is 8.23. The van der Waals surface area contributed by atoms with E-state index in [4.69, 9.17) is 0 Å². The summed E-state index contributed by atoms with van der Waals surface area (Å²) in [6.45, 7) is 1.26. The first-order valence-corrected chi connectivity index (χ1v) is 6.35. The van der Waals surface area contributed by atoms with E-state index >= 15 is 0 Å². The first-order chi connectivity index (χ1) is 5.95. The van der Waals surface area contributed by atoms with Crippen LogP contribution in [0, 0.1) is 0 Å². The van der Waals surface area contributed by atoms with Gasteiger partial charge in [-0.05, 0) is 25.8 Å². The molecule has 1 saturated heterocycles. The maximum Gasteiger partial charge on any atom is 0.0170 e. The number of hydrogen-bond acceptors (Lipinski definition) is 2. The standard InChI is InChI=1S/C10H19NS/c1-2-4-10(5-3-1)12-8-9-6-7-11-9/h9-11H,1-8H2. The lowest BCUT2D eigenvalue weighted by Crippen LogP contribution is -2.44. The SMILES string of the molecule is C1CCC(SCC2CCN2)CC1. The van der Waals surface area contributed by atoms with Crippen LogP contribution >= 0.6 is 11.8 Å². The molecule has 2 fully saturated rings. The fourth-order valence-corrected chi connectivity index (χ4v) is 3.43. The van der Waals surface area contributed by atoms with Crippen LogP contribution in [0.2, 0.25) is 0 Å². The van der Waals surface area contributed by atoms with Crippen LogP contribution in [0.5, 0.6) is 0 Å². The van der Waals surface area contributed by atoms with Crippen LogP contribution in [0.1, 0.15) is 38.5 Å². The summed E-state index contributed by atoms with van der Waals surface area (Å²) in [5.74, 6) is 1.37. The van der Waals surface area contributed by atoms with Crippen molar-refractivity contribution >= 4 is 11.8 Å². The topological polar surface area (TPSA) is 12.0 Å². The average Bonchev–Trinajstić information content (AvgIpc) is 2.04. The maximum absolute atomic E-state index is 3.46. The summed E-state index contributed by atoms with van der Waals surface area (Å²) in [4.78, 5) is 0. The predicted octanol–water partition coefficient (Wildman–Crippen LogP) is 2.41. The van der Waals surface area contributed by atoms with Gasteiger partial charge in [-0.15, -0.1) is 0 Å². The fourth-order valence-electron chi connectivity index (χ4n) is 1.97. The van der Waals surface area contributed by atoms with Gasteiger partial charge >= 0.3 is 0 Å². The summed E-state index contributed by atoms with van der Waals surface area (Å²) in [5, 5.41) is 4.47. The summed E-state index contributed by atoms with van der Waals surface area (Å²) in [5.41, 5.74) is 0. The number of hydrogen-bond donors (Lipinski definition) is 1. The van der Waals surface area contributed by atoms with Gasteiger partial charge in [-0.2, -0.15) is 11.8 Å². The van der Waals surface area contributed by atoms with E-state index in [1.165, 1.54) is 50.8 Å². The van der Waals surface area contributed by atoms with E-state index in [-0.39, 0.29) is 0 Å². The van der Waals surface area contributed by atoms with Crippen molar-refractivity contribution in [2.45, 2.75) is 49.8 Å². The molecule has 0 spiro atoms. The Morgan fingerprint density at radius 1 is 1.08 bits per heavy atom. The molecule has 2 heteroatoms. The van der Waals surface area contributed by atoms with E-state index in [0.717, 1.165) is 11.3 Å². The minimum Gasteiger partial charge on any atom is -0.313 e. The molecule has 1 aliphatic heterocycles. The van der Waals surface area contributed by atoms with Gasteiger partial charge < -0.3 is 5.32 Å². The van der Waals surface area contributed by atoms with Crippen molar-refractivity contribution in [1.29, 1.82) is 0 Å². The predicted molar refractivity (Wildman–Crippen MR) is 55.7 cm³/mol. The lowest BCUT2D eigenvalue weighted by atomic mass is 10.0. The fraction of sp³-hybridized carbons (Fsp3) is 1.00. The molecule has 0 radical (unpaired) electrons. The van der Waals surface area contributed by atoms with Crippen molar-refractivity contribution in [3.05, 3.63) is 0 Å². The van der Waals surface area contributed by atoms with Gasteiger partial charge in [0.25, 0.3) is 0 Å². The zero-order valence-corrected chi connectivity index (χ0v) is 8.54. The Bertz CT molecular complexity index is 128. The Hall–Kier alpha value is 0.310. The normalized spacial score (nSPS) is 31.5. The summed E-state index contributed by atoms with van der Waals surface area (Å²) >= 11 is 2.22. The van der Waals surface area contributed by atoms with E-state index in [1.54, 1.807) is 0 Å². The van der Waals surface area contributed by atoms with Gasteiger partial charge in [-0.25, -0.2) is 0 Å². The monoisotopic (exact) mass is 185 g/mol. The molecule has 2 aliphatic rings. The van der Waals surface area contributed by atoms with Crippen LogP contribution in [0.4, 0.5) is 0 Å². The zero-order valence-electron chi connectivity index (χ0n) is 7.72. The van der Waals surface area contributed by atoms with Crippen molar-refractivity contribution in [1.82, 2.24) is 5.32 Å². The Balaban J connectivity index is 1.58. The van der Waals surface area contributed by atoms with E-state index in [2.05, 4.69) is 17.1 Å². The van der Waals surface area contributed by atoms with Crippen molar-refractivity contribution in [2.24, 2.45) is 0 Å². The lowest BCUT2D eigenvalue weighted by Gasteiger charge is -2.30. The summed E-state index contributed by atoms with van der Waals surface area (Å²) in [7, 11) is 0. The molecule has 0 aromatic rings. The summed E-state index contributed by atoms with van der Waals surface area (Å²) in [6.07, 6.45) is 8.83.